The van der Waals surface area contributed by atoms with Gasteiger partial charge in [-0.2, -0.15) is 22.0 Å². The number of halogens is 5. The molecule has 0 spiro atoms. The number of carboxylic acid groups (broad SMARTS) is 1. The number of alkyl halides is 5. The lowest BCUT2D eigenvalue weighted by molar-refractivity contribution is -0.138. The zero-order valence-corrected chi connectivity index (χ0v) is 14.8. The molecule has 0 saturated carbocycles. The lowest BCUT2D eigenvalue weighted by atomic mass is 9.85. The van der Waals surface area contributed by atoms with E-state index in [1.54, 1.807) is 0 Å². The van der Waals surface area contributed by atoms with Gasteiger partial charge in [-0.3, -0.25) is 9.59 Å². The molecule has 0 unspecified atom stereocenters. The minimum absolute atomic E-state index is 0.0107. The Morgan fingerprint density at radius 2 is 1.36 bits per heavy atom. The highest BCUT2D eigenvalue weighted by Gasteiger charge is 2.38. The van der Waals surface area contributed by atoms with Gasteiger partial charge in [0, 0.05) is 16.7 Å². The van der Waals surface area contributed by atoms with E-state index in [1.807, 2.05) is 0 Å². The Kier molecular flexibility index (Phi) is 5.86. The topological polar surface area (TPSA) is 66.4 Å². The van der Waals surface area contributed by atoms with Gasteiger partial charge in [0.25, 0.3) is 11.8 Å². The van der Waals surface area contributed by atoms with Crippen molar-refractivity contribution in [1.82, 2.24) is 5.32 Å². The highest BCUT2D eigenvalue weighted by Crippen LogP contribution is 2.38. The zero-order chi connectivity index (χ0) is 21.3. The minimum atomic E-state index is -4.79. The highest BCUT2D eigenvalue weighted by atomic mass is 19.4. The first-order chi connectivity index (χ1) is 12.8. The number of carbonyl (C=O) groups excluding carboxylic acids is 1. The van der Waals surface area contributed by atoms with Crippen LogP contribution in [0.4, 0.5) is 22.0 Å². The molecule has 0 aromatic heterocycles. The van der Waals surface area contributed by atoms with Crippen LogP contribution in [0.15, 0.2) is 36.4 Å². The third-order valence-corrected chi connectivity index (χ3v) is 3.87. The molecule has 0 radical (unpaired) electrons. The van der Waals surface area contributed by atoms with Crippen LogP contribution in [0.25, 0.3) is 0 Å². The van der Waals surface area contributed by atoms with Gasteiger partial charge in [-0.1, -0.05) is 35.2 Å². The van der Waals surface area contributed by atoms with E-state index >= 15 is 0 Å². The summed E-state index contributed by atoms with van der Waals surface area (Å²) < 4.78 is 68.9. The first-order valence-electron chi connectivity index (χ1n) is 8.00. The van der Waals surface area contributed by atoms with Crippen molar-refractivity contribution in [2.75, 3.05) is 6.54 Å². The van der Waals surface area contributed by atoms with Crippen molar-refractivity contribution < 1.29 is 36.6 Å². The number of amides is 1. The molecule has 0 aliphatic carbocycles. The molecule has 2 aromatic carbocycles. The third kappa shape index (κ3) is 4.90. The lowest BCUT2D eigenvalue weighted by Crippen LogP contribution is -2.30. The summed E-state index contributed by atoms with van der Waals surface area (Å²) >= 11 is 0. The van der Waals surface area contributed by atoms with Gasteiger partial charge in [0.15, 0.2) is 0 Å². The number of benzene rings is 2. The molecule has 0 saturated heterocycles. The van der Waals surface area contributed by atoms with Crippen molar-refractivity contribution in [1.29, 1.82) is 0 Å². The van der Waals surface area contributed by atoms with Crippen molar-refractivity contribution >= 4 is 38.5 Å². The Balaban J connectivity index is 2.50. The monoisotopic (exact) mass is 397 g/mol. The summed E-state index contributed by atoms with van der Waals surface area (Å²) in [7, 11) is 2.71. The van der Waals surface area contributed by atoms with Gasteiger partial charge in [-0.05, 0) is 12.1 Å². The van der Waals surface area contributed by atoms with E-state index in [4.69, 9.17) is 5.11 Å². The zero-order valence-electron chi connectivity index (χ0n) is 14.8. The van der Waals surface area contributed by atoms with Crippen LogP contribution in [0.1, 0.15) is 27.0 Å². The second kappa shape index (κ2) is 7.65. The van der Waals surface area contributed by atoms with Gasteiger partial charge in [0.2, 0.25) is 0 Å². The SMILES string of the molecule is Bc1cc(C(=O)NCC(=O)O)cc(C(F)(F)c2cc(B)cc(C(F)(F)F)c2)c1. The second-order valence-electron chi connectivity index (χ2n) is 6.32. The average molecular weight is 397 g/mol. The first kappa shape index (κ1) is 21.5. The van der Waals surface area contributed by atoms with Gasteiger partial charge < -0.3 is 10.4 Å². The number of carboxylic acids is 1. The molecule has 1 amide bonds. The maximum Gasteiger partial charge on any atom is 0.416 e. The summed E-state index contributed by atoms with van der Waals surface area (Å²) in [5.74, 6) is -6.01. The molecule has 0 aliphatic heterocycles. The number of aliphatic carboxylic acids is 1. The Bertz CT molecular complexity index is 931. The van der Waals surface area contributed by atoms with Crippen molar-refractivity contribution in [2.45, 2.75) is 12.1 Å². The lowest BCUT2D eigenvalue weighted by Gasteiger charge is -2.21. The fourth-order valence-corrected chi connectivity index (χ4v) is 2.65. The van der Waals surface area contributed by atoms with Gasteiger partial charge >= 0.3 is 12.1 Å². The van der Waals surface area contributed by atoms with Crippen LogP contribution in [0.5, 0.6) is 0 Å². The van der Waals surface area contributed by atoms with Crippen LogP contribution in [-0.4, -0.2) is 39.2 Å². The quantitative estimate of drug-likeness (QED) is 0.559. The van der Waals surface area contributed by atoms with Crippen molar-refractivity contribution in [3.63, 3.8) is 0 Å². The van der Waals surface area contributed by atoms with Gasteiger partial charge in [0.05, 0.1) is 5.56 Å². The summed E-state index contributed by atoms with van der Waals surface area (Å²) in [5, 5.41) is 10.6. The minimum Gasteiger partial charge on any atom is -0.480 e. The van der Waals surface area contributed by atoms with Crippen LogP contribution in [0.3, 0.4) is 0 Å². The maximum absolute atomic E-state index is 15.0. The highest BCUT2D eigenvalue weighted by molar-refractivity contribution is 6.33. The molecule has 0 bridgehead atoms. The molecule has 0 fully saturated rings. The van der Waals surface area contributed by atoms with E-state index in [0.717, 1.165) is 24.3 Å². The Hall–Kier alpha value is -2.84. The number of rotatable bonds is 5. The second-order valence-corrected chi connectivity index (χ2v) is 6.32. The van der Waals surface area contributed by atoms with Crippen molar-refractivity contribution in [3.05, 3.63) is 58.7 Å². The first-order valence-corrected chi connectivity index (χ1v) is 8.00. The van der Waals surface area contributed by atoms with Gasteiger partial charge in [-0.25, -0.2) is 0 Å². The smallest absolute Gasteiger partial charge is 0.416 e. The number of hydrogen-bond acceptors (Lipinski definition) is 2. The number of hydrogen-bond donors (Lipinski definition) is 2. The molecule has 2 rings (SSSR count). The molecule has 11 heteroatoms. The van der Waals surface area contributed by atoms with Gasteiger partial charge in [0.1, 0.15) is 22.2 Å². The normalized spacial score (nSPS) is 11.9. The molecule has 2 aromatic rings. The van der Waals surface area contributed by atoms with Crippen LogP contribution < -0.4 is 16.2 Å². The van der Waals surface area contributed by atoms with E-state index in [9.17, 15) is 31.5 Å². The predicted octanol–water partition coefficient (Wildman–Crippen LogP) is 0.177. The molecule has 4 nitrogen and oxygen atoms in total. The number of nitrogens with one attached hydrogen (secondary N) is 1. The Morgan fingerprint density at radius 1 is 0.857 bits per heavy atom. The molecule has 28 heavy (non-hydrogen) atoms. The average Bonchev–Trinajstić information content (AvgIpc) is 2.57. The molecule has 0 heterocycles. The van der Waals surface area contributed by atoms with E-state index < -0.39 is 47.2 Å². The summed E-state index contributed by atoms with van der Waals surface area (Å²) in [4.78, 5) is 22.5. The molecule has 146 valence electrons. The fourth-order valence-electron chi connectivity index (χ4n) is 2.65. The summed E-state index contributed by atoms with van der Waals surface area (Å²) in [6, 6.07) is 5.25. The predicted molar refractivity (Wildman–Crippen MR) is 97.2 cm³/mol. The Morgan fingerprint density at radius 3 is 1.89 bits per heavy atom. The van der Waals surface area contributed by atoms with Crippen molar-refractivity contribution in [2.24, 2.45) is 0 Å². The molecule has 2 N–H and O–H groups in total. The third-order valence-electron chi connectivity index (χ3n) is 3.87. The van der Waals surface area contributed by atoms with Crippen LogP contribution in [0, 0.1) is 0 Å². The van der Waals surface area contributed by atoms with E-state index in [0.29, 0.717) is 6.07 Å². The van der Waals surface area contributed by atoms with Crippen LogP contribution in [0.2, 0.25) is 0 Å². The maximum atomic E-state index is 15.0. The number of carbonyl (C=O) groups is 2. The standard InChI is InChI=1S/C17H14B2F5NO3/c18-12-2-8(15(28)25-7-14(26)27)1-9(4-12)16(20,21)10-3-11(17(22,23)24)6-13(19)5-10/h1-6H,7,18-19H2,(H,25,28)(H,26,27). The van der Waals surface area contributed by atoms with E-state index in [-0.39, 0.29) is 16.5 Å². The van der Waals surface area contributed by atoms with Crippen LogP contribution >= 0.6 is 0 Å². The molecule has 0 atom stereocenters. The molecular weight excluding hydrogens is 383 g/mol. The van der Waals surface area contributed by atoms with Crippen molar-refractivity contribution in [3.8, 4) is 0 Å². The summed E-state index contributed by atoms with van der Waals surface area (Å²) in [6.07, 6.45) is -4.79. The fraction of sp³-hybridized carbons (Fsp3) is 0.176. The molecule has 0 aliphatic rings. The largest absolute Gasteiger partial charge is 0.480 e. The molecular formula is C17H14B2F5NO3. The Labute approximate surface area is 158 Å². The van der Waals surface area contributed by atoms with Gasteiger partial charge in [-0.15, -0.1) is 0 Å². The van der Waals surface area contributed by atoms with E-state index in [2.05, 4.69) is 5.32 Å². The summed E-state index contributed by atoms with van der Waals surface area (Å²) in [6.45, 7) is -0.703. The summed E-state index contributed by atoms with van der Waals surface area (Å²) in [5.41, 5.74) is -2.68. The van der Waals surface area contributed by atoms with Crippen LogP contribution in [-0.2, 0) is 16.9 Å². The van der Waals surface area contributed by atoms with E-state index in [1.165, 1.54) is 21.8 Å².